The molecule has 17 heavy (non-hydrogen) atoms. The van der Waals surface area contributed by atoms with Crippen molar-refractivity contribution < 1.29 is 9.53 Å². The number of fused-ring (bicyclic) bond motifs is 1. The standard InChI is InChI=1S/C13H12N2O2/c1-17-13(16)10-4-6-15-12-8-9(3-2-5-14)7-11(10)12/h4,6,8H,2-3,7H2,1H3. The molecule has 0 fully saturated rings. The molecule has 0 saturated heterocycles. The van der Waals surface area contributed by atoms with E-state index in [2.05, 4.69) is 11.1 Å². The Morgan fingerprint density at radius 3 is 3.18 bits per heavy atom. The first kappa shape index (κ1) is 11.3. The molecule has 0 amide bonds. The minimum absolute atomic E-state index is 0.335. The van der Waals surface area contributed by atoms with Gasteiger partial charge in [-0.15, -0.1) is 0 Å². The van der Waals surface area contributed by atoms with Crippen molar-refractivity contribution in [3.05, 3.63) is 34.7 Å². The number of hydrogen-bond donors (Lipinski definition) is 0. The lowest BCUT2D eigenvalue weighted by Gasteiger charge is -2.05. The van der Waals surface area contributed by atoms with Gasteiger partial charge in [-0.25, -0.2) is 4.79 Å². The maximum atomic E-state index is 11.6. The Labute approximate surface area is 99.5 Å². The lowest BCUT2D eigenvalue weighted by atomic mass is 10.0. The highest BCUT2D eigenvalue weighted by atomic mass is 16.5. The predicted molar refractivity (Wildman–Crippen MR) is 62.1 cm³/mol. The van der Waals surface area contributed by atoms with Crippen molar-refractivity contribution in [3.63, 3.8) is 0 Å². The van der Waals surface area contributed by atoms with Crippen LogP contribution in [-0.2, 0) is 11.2 Å². The number of carbonyl (C=O) groups excluding carboxylic acids is 1. The van der Waals surface area contributed by atoms with Gasteiger partial charge in [-0.3, -0.25) is 4.98 Å². The Morgan fingerprint density at radius 1 is 1.65 bits per heavy atom. The smallest absolute Gasteiger partial charge is 0.338 e. The van der Waals surface area contributed by atoms with Crippen molar-refractivity contribution in [2.24, 2.45) is 0 Å². The lowest BCUT2D eigenvalue weighted by Crippen LogP contribution is -2.06. The van der Waals surface area contributed by atoms with E-state index in [1.54, 1.807) is 12.3 Å². The zero-order chi connectivity index (χ0) is 12.3. The number of methoxy groups -OCH3 is 1. The Morgan fingerprint density at radius 2 is 2.47 bits per heavy atom. The van der Waals surface area contributed by atoms with Gasteiger partial charge < -0.3 is 4.74 Å². The first-order valence-electron chi connectivity index (χ1n) is 5.39. The van der Waals surface area contributed by atoms with Crippen LogP contribution in [0.1, 0.15) is 34.5 Å². The summed E-state index contributed by atoms with van der Waals surface area (Å²) in [5.74, 6) is -0.335. The van der Waals surface area contributed by atoms with Gasteiger partial charge in [-0.05, 0) is 30.5 Å². The molecule has 4 nitrogen and oxygen atoms in total. The Balaban J connectivity index is 2.26. The number of carbonyl (C=O) groups is 1. The third kappa shape index (κ3) is 2.18. The SMILES string of the molecule is COC(=O)c1ccnc2c1CC(CCC#N)=C2. The highest BCUT2D eigenvalue weighted by Gasteiger charge is 2.20. The second-order valence-electron chi connectivity index (χ2n) is 3.85. The fourth-order valence-corrected chi connectivity index (χ4v) is 1.97. The van der Waals surface area contributed by atoms with Crippen molar-refractivity contribution in [1.82, 2.24) is 4.98 Å². The fraction of sp³-hybridized carbons (Fsp3) is 0.308. The topological polar surface area (TPSA) is 63.0 Å². The third-order valence-corrected chi connectivity index (χ3v) is 2.80. The highest BCUT2D eigenvalue weighted by molar-refractivity contribution is 5.92. The molecule has 0 radical (unpaired) electrons. The number of allylic oxidation sites excluding steroid dienone is 1. The average Bonchev–Trinajstić information content (AvgIpc) is 2.77. The van der Waals surface area contributed by atoms with Crippen molar-refractivity contribution in [2.75, 3.05) is 7.11 Å². The first-order chi connectivity index (χ1) is 8.26. The highest BCUT2D eigenvalue weighted by Crippen LogP contribution is 2.28. The number of rotatable bonds is 3. The minimum Gasteiger partial charge on any atom is -0.465 e. The molecule has 4 heteroatoms. The van der Waals surface area contributed by atoms with E-state index in [4.69, 9.17) is 10.00 Å². The molecule has 1 aromatic heterocycles. The van der Waals surface area contributed by atoms with E-state index >= 15 is 0 Å². The monoisotopic (exact) mass is 228 g/mol. The summed E-state index contributed by atoms with van der Waals surface area (Å²) < 4.78 is 4.74. The van der Waals surface area contributed by atoms with Gasteiger partial charge in [0.25, 0.3) is 0 Å². The average molecular weight is 228 g/mol. The summed E-state index contributed by atoms with van der Waals surface area (Å²) >= 11 is 0. The normalized spacial score (nSPS) is 12.6. The molecule has 0 spiro atoms. The molecule has 1 aromatic rings. The van der Waals surface area contributed by atoms with Gasteiger partial charge in [0.05, 0.1) is 24.4 Å². The molecule has 1 aliphatic rings. The van der Waals surface area contributed by atoms with E-state index in [0.717, 1.165) is 23.3 Å². The molecule has 0 aliphatic heterocycles. The Kier molecular flexibility index (Phi) is 3.20. The van der Waals surface area contributed by atoms with Gasteiger partial charge >= 0.3 is 5.97 Å². The molecule has 0 N–H and O–H groups in total. The van der Waals surface area contributed by atoms with Gasteiger partial charge in [-0.1, -0.05) is 5.57 Å². The summed E-state index contributed by atoms with van der Waals surface area (Å²) in [6.07, 6.45) is 5.48. The van der Waals surface area contributed by atoms with Crippen molar-refractivity contribution in [2.45, 2.75) is 19.3 Å². The van der Waals surface area contributed by atoms with Crippen LogP contribution < -0.4 is 0 Å². The number of aromatic nitrogens is 1. The summed E-state index contributed by atoms with van der Waals surface area (Å²) in [5, 5.41) is 8.56. The molecule has 0 aromatic carbocycles. The number of nitriles is 1. The van der Waals surface area contributed by atoms with Crippen molar-refractivity contribution >= 4 is 12.0 Å². The summed E-state index contributed by atoms with van der Waals surface area (Å²) in [7, 11) is 1.37. The van der Waals surface area contributed by atoms with Gasteiger partial charge in [0.15, 0.2) is 0 Å². The van der Waals surface area contributed by atoms with Crippen LogP contribution in [-0.4, -0.2) is 18.1 Å². The van der Waals surface area contributed by atoms with Gasteiger partial charge in [-0.2, -0.15) is 5.26 Å². The van der Waals surface area contributed by atoms with E-state index in [0.29, 0.717) is 18.4 Å². The van der Waals surface area contributed by atoms with Crippen LogP contribution >= 0.6 is 0 Å². The predicted octanol–water partition coefficient (Wildman–Crippen LogP) is 2.11. The molecule has 0 unspecified atom stereocenters. The molecular weight excluding hydrogens is 216 g/mol. The summed E-state index contributed by atoms with van der Waals surface area (Å²) in [6, 6.07) is 3.79. The number of nitrogens with zero attached hydrogens (tertiary/aromatic N) is 2. The van der Waals surface area contributed by atoms with Crippen LogP contribution in [0.5, 0.6) is 0 Å². The second kappa shape index (κ2) is 4.79. The number of ether oxygens (including phenoxy) is 1. The fourth-order valence-electron chi connectivity index (χ4n) is 1.97. The van der Waals surface area contributed by atoms with E-state index in [1.165, 1.54) is 7.11 Å². The van der Waals surface area contributed by atoms with Crippen LogP contribution in [0.3, 0.4) is 0 Å². The molecule has 86 valence electrons. The molecular formula is C13H12N2O2. The number of hydrogen-bond acceptors (Lipinski definition) is 4. The van der Waals surface area contributed by atoms with Gasteiger partial charge in [0, 0.05) is 12.6 Å². The molecule has 0 bridgehead atoms. The van der Waals surface area contributed by atoms with E-state index in [9.17, 15) is 4.79 Å². The summed E-state index contributed by atoms with van der Waals surface area (Å²) in [5.41, 5.74) is 3.44. The maximum Gasteiger partial charge on any atom is 0.338 e. The van der Waals surface area contributed by atoms with Crippen LogP contribution in [0.15, 0.2) is 17.8 Å². The largest absolute Gasteiger partial charge is 0.465 e. The maximum absolute atomic E-state index is 11.6. The zero-order valence-corrected chi connectivity index (χ0v) is 9.56. The zero-order valence-electron chi connectivity index (χ0n) is 9.56. The van der Waals surface area contributed by atoms with E-state index < -0.39 is 0 Å². The quantitative estimate of drug-likeness (QED) is 0.743. The molecule has 0 atom stereocenters. The summed E-state index contributed by atoms with van der Waals surface area (Å²) in [4.78, 5) is 15.8. The Hall–Kier alpha value is -2.15. The molecule has 1 heterocycles. The van der Waals surface area contributed by atoms with Crippen LogP contribution in [0.4, 0.5) is 0 Å². The third-order valence-electron chi connectivity index (χ3n) is 2.80. The second-order valence-corrected chi connectivity index (χ2v) is 3.85. The number of pyridine rings is 1. The van der Waals surface area contributed by atoms with Crippen molar-refractivity contribution in [1.29, 1.82) is 5.26 Å². The van der Waals surface area contributed by atoms with Crippen molar-refractivity contribution in [3.8, 4) is 6.07 Å². The minimum atomic E-state index is -0.335. The van der Waals surface area contributed by atoms with Crippen LogP contribution in [0.2, 0.25) is 0 Å². The van der Waals surface area contributed by atoms with Crippen LogP contribution in [0, 0.1) is 11.3 Å². The molecule has 1 aliphatic carbocycles. The molecule has 2 rings (SSSR count). The van der Waals surface area contributed by atoms with Crippen LogP contribution in [0.25, 0.3) is 6.08 Å². The number of esters is 1. The summed E-state index contributed by atoms with van der Waals surface area (Å²) in [6.45, 7) is 0. The molecule has 0 saturated carbocycles. The van der Waals surface area contributed by atoms with E-state index in [1.807, 2.05) is 6.08 Å². The first-order valence-corrected chi connectivity index (χ1v) is 5.39. The Bertz CT molecular complexity index is 527. The van der Waals surface area contributed by atoms with Gasteiger partial charge in [0.1, 0.15) is 0 Å². The van der Waals surface area contributed by atoms with E-state index in [-0.39, 0.29) is 5.97 Å². The van der Waals surface area contributed by atoms with Gasteiger partial charge in [0.2, 0.25) is 0 Å². The lowest BCUT2D eigenvalue weighted by molar-refractivity contribution is 0.0599.